The summed E-state index contributed by atoms with van der Waals surface area (Å²) in [6.45, 7) is 9.75. The highest BCUT2D eigenvalue weighted by molar-refractivity contribution is 7.80. The maximum atomic E-state index is 8.76. The van der Waals surface area contributed by atoms with Crippen LogP contribution in [0.3, 0.4) is 0 Å². The normalized spacial score (nSPS) is 12.0. The number of benzene rings is 1. The summed E-state index contributed by atoms with van der Waals surface area (Å²) in [4.78, 5) is 0. The van der Waals surface area contributed by atoms with Gasteiger partial charge in [-0.2, -0.15) is 15.5 Å². The Kier molecular flexibility index (Phi) is 5.39. The van der Waals surface area contributed by atoms with E-state index in [-0.39, 0.29) is 5.54 Å². The van der Waals surface area contributed by atoms with Crippen molar-refractivity contribution in [1.82, 2.24) is 5.32 Å². The molecule has 0 saturated heterocycles. The number of nitrogens with one attached hydrogen (secondary N) is 2. The van der Waals surface area contributed by atoms with Crippen LogP contribution >= 0.6 is 12.2 Å². The van der Waals surface area contributed by atoms with E-state index in [0.29, 0.717) is 10.7 Å². The first kappa shape index (κ1) is 17.1. The van der Waals surface area contributed by atoms with E-state index in [9.17, 15) is 0 Å². The van der Waals surface area contributed by atoms with Gasteiger partial charge in [-0.3, -0.25) is 0 Å². The minimum absolute atomic E-state index is 0.221. The Bertz CT molecular complexity index is 561. The molecule has 1 aromatic rings. The Hall–Kier alpha value is -2.00. The summed E-state index contributed by atoms with van der Waals surface area (Å²) in [6.07, 6.45) is 0. The Morgan fingerprint density at radius 3 is 2.14 bits per heavy atom. The fraction of sp³-hybridized carbons (Fsp3) is 0.467. The molecule has 21 heavy (non-hydrogen) atoms. The van der Waals surface area contributed by atoms with Crippen molar-refractivity contribution < 1.29 is 0 Å². The van der Waals surface area contributed by atoms with Crippen LogP contribution in [-0.4, -0.2) is 16.3 Å². The van der Waals surface area contributed by atoms with Gasteiger partial charge in [0.1, 0.15) is 5.66 Å². The molecule has 0 bridgehead atoms. The number of hydrogen-bond acceptors (Lipinski definition) is 4. The molecule has 0 atom stereocenters. The minimum Gasteiger partial charge on any atom is -0.337 e. The molecule has 0 amide bonds. The summed E-state index contributed by atoms with van der Waals surface area (Å²) >= 11 is 5.26. The van der Waals surface area contributed by atoms with Gasteiger partial charge in [-0.05, 0) is 71.1 Å². The van der Waals surface area contributed by atoms with Gasteiger partial charge in [0.15, 0.2) is 5.11 Å². The number of azo groups is 1. The predicted molar refractivity (Wildman–Crippen MR) is 89.2 cm³/mol. The van der Waals surface area contributed by atoms with Crippen LogP contribution in [0.15, 0.2) is 34.5 Å². The topological polar surface area (TPSA) is 72.6 Å². The zero-order valence-corrected chi connectivity index (χ0v) is 13.9. The second kappa shape index (κ2) is 6.64. The molecule has 1 aromatic carbocycles. The Morgan fingerprint density at radius 2 is 1.67 bits per heavy atom. The maximum Gasteiger partial charge on any atom is 0.172 e. The molecule has 0 radical (unpaired) electrons. The summed E-state index contributed by atoms with van der Waals surface area (Å²) < 4.78 is 0. The highest BCUT2D eigenvalue weighted by atomic mass is 32.1. The molecule has 5 nitrogen and oxygen atoms in total. The molecule has 1 rings (SSSR count). The lowest BCUT2D eigenvalue weighted by molar-refractivity contribution is 0.417. The molecular formula is C15H21N5S. The van der Waals surface area contributed by atoms with Crippen LogP contribution < -0.4 is 10.6 Å². The smallest absolute Gasteiger partial charge is 0.172 e. The molecule has 112 valence electrons. The van der Waals surface area contributed by atoms with Gasteiger partial charge in [0.05, 0.1) is 17.2 Å². The maximum absolute atomic E-state index is 8.76. The lowest BCUT2D eigenvalue weighted by Gasteiger charge is -2.24. The predicted octanol–water partition coefficient (Wildman–Crippen LogP) is 3.83. The summed E-state index contributed by atoms with van der Waals surface area (Å²) in [6, 6.07) is 9.14. The summed E-state index contributed by atoms with van der Waals surface area (Å²) in [5.74, 6) is 0. The largest absolute Gasteiger partial charge is 0.337 e. The molecule has 6 heteroatoms. The highest BCUT2D eigenvalue weighted by Gasteiger charge is 2.19. The molecule has 0 aliphatic rings. The summed E-state index contributed by atoms with van der Waals surface area (Å²) in [7, 11) is 0. The second-order valence-corrected chi connectivity index (χ2v) is 6.61. The van der Waals surface area contributed by atoms with E-state index in [2.05, 4.69) is 26.9 Å². The third-order valence-electron chi connectivity index (χ3n) is 2.29. The second-order valence-electron chi connectivity index (χ2n) is 6.20. The average Bonchev–Trinajstić information content (AvgIpc) is 2.36. The number of thiocarbonyl (C=S) groups is 1. The summed E-state index contributed by atoms with van der Waals surface area (Å²) in [5.41, 5.74) is 0.610. The molecule has 2 N–H and O–H groups in total. The molecule has 0 heterocycles. The Balaban J connectivity index is 2.64. The number of hydrogen-bond donors (Lipinski definition) is 2. The Morgan fingerprint density at radius 1 is 1.10 bits per heavy atom. The first-order valence-electron chi connectivity index (χ1n) is 6.65. The van der Waals surface area contributed by atoms with Crippen LogP contribution in [-0.2, 0) is 0 Å². The molecule has 0 aliphatic carbocycles. The van der Waals surface area contributed by atoms with Gasteiger partial charge in [0.25, 0.3) is 0 Å². The van der Waals surface area contributed by atoms with Crippen LogP contribution in [0, 0.1) is 11.3 Å². The van der Waals surface area contributed by atoms with Crippen molar-refractivity contribution in [3.8, 4) is 6.07 Å². The molecule has 0 fully saturated rings. The van der Waals surface area contributed by atoms with Crippen LogP contribution in [0.2, 0.25) is 0 Å². The minimum atomic E-state index is -0.593. The molecular weight excluding hydrogens is 282 g/mol. The van der Waals surface area contributed by atoms with Crippen LogP contribution in [0.1, 0.15) is 40.2 Å². The lowest BCUT2D eigenvalue weighted by Crippen LogP contribution is -2.44. The van der Waals surface area contributed by atoms with Crippen molar-refractivity contribution in [2.45, 2.75) is 45.8 Å². The quantitative estimate of drug-likeness (QED) is 0.657. The zero-order chi connectivity index (χ0) is 16.1. The van der Waals surface area contributed by atoms with Crippen LogP contribution in [0.25, 0.3) is 0 Å². The highest BCUT2D eigenvalue weighted by Crippen LogP contribution is 2.14. The van der Waals surface area contributed by atoms with Crippen LogP contribution in [0.4, 0.5) is 5.69 Å². The monoisotopic (exact) mass is 303 g/mol. The van der Waals surface area contributed by atoms with Crippen molar-refractivity contribution in [3.63, 3.8) is 0 Å². The lowest BCUT2D eigenvalue weighted by atomic mass is 10.1. The van der Waals surface area contributed by atoms with E-state index in [1.165, 1.54) is 0 Å². The van der Waals surface area contributed by atoms with Crippen molar-refractivity contribution in [1.29, 1.82) is 5.26 Å². The molecule has 0 unspecified atom stereocenters. The number of nitriles is 1. The van der Waals surface area contributed by atoms with E-state index in [1.807, 2.05) is 34.6 Å². The van der Waals surface area contributed by atoms with E-state index in [1.54, 1.807) is 24.3 Å². The zero-order valence-electron chi connectivity index (χ0n) is 13.1. The van der Waals surface area contributed by atoms with Gasteiger partial charge in [-0.1, -0.05) is 0 Å². The third-order valence-corrected chi connectivity index (χ3v) is 2.50. The van der Waals surface area contributed by atoms with E-state index >= 15 is 0 Å². The van der Waals surface area contributed by atoms with Crippen molar-refractivity contribution in [2.24, 2.45) is 10.2 Å². The summed E-state index contributed by atoms with van der Waals surface area (Å²) in [5, 5.41) is 23.9. The molecule has 0 saturated carbocycles. The van der Waals surface area contributed by atoms with E-state index in [4.69, 9.17) is 17.5 Å². The number of rotatable bonds is 3. The number of nitrogens with zero attached hydrogens (tertiary/aromatic N) is 3. The SMILES string of the molecule is CC(C)(C)N=NC(C)(C)NC(=S)Nc1ccc(C#N)cc1. The van der Waals surface area contributed by atoms with Gasteiger partial charge in [-0.25, -0.2) is 0 Å². The fourth-order valence-electron chi connectivity index (χ4n) is 1.37. The van der Waals surface area contributed by atoms with E-state index < -0.39 is 5.66 Å². The third kappa shape index (κ3) is 6.82. The number of anilines is 1. The van der Waals surface area contributed by atoms with Gasteiger partial charge >= 0.3 is 0 Å². The molecule has 0 aliphatic heterocycles. The standard InChI is InChI=1S/C15H21N5S/c1-14(2,3)19-20-15(4,5)18-13(21)17-12-8-6-11(10-16)7-9-12/h6-9H,1-5H3,(H2,17,18,21). The fourth-order valence-corrected chi connectivity index (χ4v) is 1.74. The molecule has 0 spiro atoms. The van der Waals surface area contributed by atoms with Crippen molar-refractivity contribution in [2.75, 3.05) is 5.32 Å². The van der Waals surface area contributed by atoms with Gasteiger partial charge < -0.3 is 10.6 Å². The van der Waals surface area contributed by atoms with Crippen molar-refractivity contribution >= 4 is 23.0 Å². The first-order valence-corrected chi connectivity index (χ1v) is 7.05. The van der Waals surface area contributed by atoms with Gasteiger partial charge in [0.2, 0.25) is 0 Å². The Labute approximate surface area is 131 Å². The van der Waals surface area contributed by atoms with E-state index in [0.717, 1.165) is 5.69 Å². The van der Waals surface area contributed by atoms with Crippen LogP contribution in [0.5, 0.6) is 0 Å². The molecule has 0 aromatic heterocycles. The van der Waals surface area contributed by atoms with Crippen molar-refractivity contribution in [3.05, 3.63) is 29.8 Å². The van der Waals surface area contributed by atoms with Gasteiger partial charge in [0, 0.05) is 5.69 Å². The first-order chi connectivity index (χ1) is 9.61. The average molecular weight is 303 g/mol. The van der Waals surface area contributed by atoms with Gasteiger partial charge in [-0.15, -0.1) is 0 Å².